The van der Waals surface area contributed by atoms with Crippen LogP contribution in [0.4, 0.5) is 0 Å². The molecule has 2 aliphatic carbocycles. The summed E-state index contributed by atoms with van der Waals surface area (Å²) in [7, 11) is 0. The molecular weight excluding hydrogens is 282 g/mol. The number of carbonyl (C=O) groups excluding carboxylic acids is 1. The van der Waals surface area contributed by atoms with Crippen molar-refractivity contribution >= 4 is 11.9 Å². The fourth-order valence-electron chi connectivity index (χ4n) is 3.48. The SMILES string of the molecule is O=C(O)C(NC(=O)C1CC1C1CC1)c1ccc2c(c1)CCO2. The van der Waals surface area contributed by atoms with Gasteiger partial charge in [0.2, 0.25) is 5.91 Å². The highest BCUT2D eigenvalue weighted by Gasteiger charge is 2.51. The average molecular weight is 301 g/mol. The molecular formula is C17H19NO4. The first kappa shape index (κ1) is 13.6. The Kier molecular flexibility index (Phi) is 3.10. The zero-order valence-electron chi connectivity index (χ0n) is 12.2. The average Bonchev–Trinajstić information content (AvgIpc) is 3.38. The predicted molar refractivity (Wildman–Crippen MR) is 78.5 cm³/mol. The Morgan fingerprint density at radius 2 is 2.14 bits per heavy atom. The van der Waals surface area contributed by atoms with Gasteiger partial charge in [-0.15, -0.1) is 0 Å². The molecule has 5 nitrogen and oxygen atoms in total. The van der Waals surface area contributed by atoms with Crippen LogP contribution in [0.5, 0.6) is 5.75 Å². The molecule has 0 spiro atoms. The standard InChI is InChI=1S/C17H19NO4/c19-16(13-8-12(13)9-1-2-9)18-15(17(20)21)11-3-4-14-10(7-11)5-6-22-14/h3-4,7,9,12-13,15H,1-2,5-6,8H2,(H,18,19)(H,20,21). The summed E-state index contributed by atoms with van der Waals surface area (Å²) >= 11 is 0. The van der Waals surface area contributed by atoms with Crippen LogP contribution in [0.2, 0.25) is 0 Å². The quantitative estimate of drug-likeness (QED) is 0.871. The molecule has 22 heavy (non-hydrogen) atoms. The van der Waals surface area contributed by atoms with Crippen LogP contribution in [-0.2, 0) is 16.0 Å². The lowest BCUT2D eigenvalue weighted by atomic mass is 10.0. The number of aliphatic carboxylic acids is 1. The van der Waals surface area contributed by atoms with Crippen molar-refractivity contribution in [2.45, 2.75) is 31.7 Å². The van der Waals surface area contributed by atoms with Crippen molar-refractivity contribution in [1.82, 2.24) is 5.32 Å². The van der Waals surface area contributed by atoms with Crippen LogP contribution >= 0.6 is 0 Å². The van der Waals surface area contributed by atoms with Gasteiger partial charge in [0, 0.05) is 12.3 Å². The van der Waals surface area contributed by atoms with E-state index >= 15 is 0 Å². The van der Waals surface area contributed by atoms with E-state index in [9.17, 15) is 14.7 Å². The fourth-order valence-corrected chi connectivity index (χ4v) is 3.48. The fraction of sp³-hybridized carbons (Fsp3) is 0.529. The highest BCUT2D eigenvalue weighted by Crippen LogP contribution is 2.54. The second-order valence-corrected chi connectivity index (χ2v) is 6.59. The summed E-state index contributed by atoms with van der Waals surface area (Å²) in [5.41, 5.74) is 1.63. The van der Waals surface area contributed by atoms with Crippen LogP contribution in [-0.4, -0.2) is 23.6 Å². The molecule has 1 aromatic rings. The van der Waals surface area contributed by atoms with Gasteiger partial charge in [-0.05, 0) is 54.4 Å². The Morgan fingerprint density at radius 3 is 2.86 bits per heavy atom. The van der Waals surface area contributed by atoms with E-state index in [0.717, 1.165) is 24.2 Å². The molecule has 3 atom stereocenters. The third kappa shape index (κ3) is 2.45. The number of carboxylic acid groups (broad SMARTS) is 1. The van der Waals surface area contributed by atoms with Gasteiger partial charge in [0.05, 0.1) is 6.61 Å². The highest BCUT2D eigenvalue weighted by molar-refractivity contribution is 5.87. The van der Waals surface area contributed by atoms with E-state index in [4.69, 9.17) is 4.74 Å². The van der Waals surface area contributed by atoms with Crippen LogP contribution in [0, 0.1) is 17.8 Å². The van der Waals surface area contributed by atoms with Gasteiger partial charge >= 0.3 is 5.97 Å². The molecule has 1 heterocycles. The summed E-state index contributed by atoms with van der Waals surface area (Å²) in [6.07, 6.45) is 4.15. The maximum Gasteiger partial charge on any atom is 0.330 e. The minimum Gasteiger partial charge on any atom is -0.493 e. The first-order chi connectivity index (χ1) is 10.6. The number of ether oxygens (including phenoxy) is 1. The molecule has 1 amide bonds. The summed E-state index contributed by atoms with van der Waals surface area (Å²) in [5, 5.41) is 12.2. The van der Waals surface area contributed by atoms with Crippen molar-refractivity contribution in [1.29, 1.82) is 0 Å². The zero-order valence-corrected chi connectivity index (χ0v) is 12.2. The summed E-state index contributed by atoms with van der Waals surface area (Å²) in [4.78, 5) is 23.8. The number of carboxylic acids is 1. The van der Waals surface area contributed by atoms with E-state index in [1.807, 2.05) is 6.07 Å². The molecule has 0 bridgehead atoms. The lowest BCUT2D eigenvalue weighted by Gasteiger charge is -2.16. The maximum absolute atomic E-state index is 12.3. The van der Waals surface area contributed by atoms with E-state index in [1.54, 1.807) is 12.1 Å². The molecule has 3 unspecified atom stereocenters. The third-order valence-corrected chi connectivity index (χ3v) is 4.98. The van der Waals surface area contributed by atoms with Gasteiger partial charge in [0.15, 0.2) is 6.04 Å². The zero-order chi connectivity index (χ0) is 15.3. The van der Waals surface area contributed by atoms with Gasteiger partial charge in [-0.3, -0.25) is 4.79 Å². The number of hydrogen-bond acceptors (Lipinski definition) is 3. The van der Waals surface area contributed by atoms with Gasteiger partial charge in [-0.2, -0.15) is 0 Å². The second-order valence-electron chi connectivity index (χ2n) is 6.59. The number of fused-ring (bicyclic) bond motifs is 1. The Hall–Kier alpha value is -2.04. The molecule has 0 aromatic heterocycles. The van der Waals surface area contributed by atoms with Gasteiger partial charge in [0.1, 0.15) is 5.75 Å². The van der Waals surface area contributed by atoms with Crippen molar-refractivity contribution in [3.05, 3.63) is 29.3 Å². The number of carbonyl (C=O) groups is 2. The lowest BCUT2D eigenvalue weighted by molar-refractivity contribution is -0.142. The summed E-state index contributed by atoms with van der Waals surface area (Å²) in [5.74, 6) is 0.901. The molecule has 116 valence electrons. The van der Waals surface area contributed by atoms with Crippen molar-refractivity contribution in [3.8, 4) is 5.75 Å². The number of hydrogen-bond donors (Lipinski definition) is 2. The number of benzene rings is 1. The number of nitrogens with one attached hydrogen (secondary N) is 1. The maximum atomic E-state index is 12.3. The lowest BCUT2D eigenvalue weighted by Crippen LogP contribution is -2.35. The topological polar surface area (TPSA) is 75.6 Å². The van der Waals surface area contributed by atoms with Crippen molar-refractivity contribution in [2.75, 3.05) is 6.61 Å². The van der Waals surface area contributed by atoms with Crippen molar-refractivity contribution < 1.29 is 19.4 Å². The molecule has 2 fully saturated rings. The monoisotopic (exact) mass is 301 g/mol. The van der Waals surface area contributed by atoms with Crippen LogP contribution in [0.3, 0.4) is 0 Å². The van der Waals surface area contributed by atoms with Gasteiger partial charge in [-0.25, -0.2) is 4.79 Å². The number of rotatable bonds is 5. The molecule has 1 aliphatic heterocycles. The summed E-state index contributed by atoms with van der Waals surface area (Å²) in [6.45, 7) is 0.633. The van der Waals surface area contributed by atoms with E-state index in [1.165, 1.54) is 12.8 Å². The van der Waals surface area contributed by atoms with Crippen molar-refractivity contribution in [2.24, 2.45) is 17.8 Å². The van der Waals surface area contributed by atoms with Gasteiger partial charge in [0.25, 0.3) is 0 Å². The van der Waals surface area contributed by atoms with Gasteiger partial charge in [-0.1, -0.05) is 6.07 Å². The Morgan fingerprint density at radius 1 is 1.32 bits per heavy atom. The molecule has 4 rings (SSSR count). The van der Waals surface area contributed by atoms with Gasteiger partial charge < -0.3 is 15.2 Å². The first-order valence-corrected chi connectivity index (χ1v) is 7.92. The van der Waals surface area contributed by atoms with Crippen LogP contribution in [0.1, 0.15) is 36.4 Å². The van der Waals surface area contributed by atoms with Crippen LogP contribution in [0.25, 0.3) is 0 Å². The Labute approximate surface area is 128 Å². The molecule has 5 heteroatoms. The molecule has 0 radical (unpaired) electrons. The molecule has 3 aliphatic rings. The predicted octanol–water partition coefficient (Wildman–Crippen LogP) is 1.91. The smallest absolute Gasteiger partial charge is 0.330 e. The van der Waals surface area contributed by atoms with E-state index < -0.39 is 12.0 Å². The first-order valence-electron chi connectivity index (χ1n) is 7.92. The minimum atomic E-state index is -1.02. The normalized spacial score (nSPS) is 26.7. The van der Waals surface area contributed by atoms with Crippen LogP contribution < -0.4 is 10.1 Å². The summed E-state index contributed by atoms with van der Waals surface area (Å²) < 4.78 is 5.44. The van der Waals surface area contributed by atoms with E-state index in [0.29, 0.717) is 24.0 Å². The highest BCUT2D eigenvalue weighted by atomic mass is 16.5. The molecule has 2 N–H and O–H groups in total. The minimum absolute atomic E-state index is 0.0205. The van der Waals surface area contributed by atoms with Crippen molar-refractivity contribution in [3.63, 3.8) is 0 Å². The van der Waals surface area contributed by atoms with E-state index in [2.05, 4.69) is 5.32 Å². The van der Waals surface area contributed by atoms with Crippen LogP contribution in [0.15, 0.2) is 18.2 Å². The Balaban J connectivity index is 1.48. The largest absolute Gasteiger partial charge is 0.493 e. The number of amides is 1. The Bertz CT molecular complexity index is 638. The second kappa shape index (κ2) is 5.00. The van der Waals surface area contributed by atoms with E-state index in [-0.39, 0.29) is 11.8 Å². The molecule has 2 saturated carbocycles. The molecule has 0 saturated heterocycles. The summed E-state index contributed by atoms with van der Waals surface area (Å²) in [6, 6.07) is 4.39. The third-order valence-electron chi connectivity index (χ3n) is 4.98. The molecule has 1 aromatic carbocycles.